The maximum atomic E-state index is 13.7. The van der Waals surface area contributed by atoms with Crippen molar-refractivity contribution in [3.8, 4) is 5.75 Å². The van der Waals surface area contributed by atoms with E-state index in [4.69, 9.17) is 15.2 Å². The zero-order chi connectivity index (χ0) is 15.6. The van der Waals surface area contributed by atoms with Crippen LogP contribution in [0.1, 0.15) is 13.3 Å². The summed E-state index contributed by atoms with van der Waals surface area (Å²) in [4.78, 5) is -0.218. The van der Waals surface area contributed by atoms with Gasteiger partial charge in [0, 0.05) is 19.1 Å². The number of hydrogen-bond donors (Lipinski definition) is 2. The van der Waals surface area contributed by atoms with Crippen LogP contribution in [0.3, 0.4) is 0 Å². The van der Waals surface area contributed by atoms with E-state index in [0.717, 1.165) is 12.5 Å². The molecule has 2 atom stereocenters. The minimum atomic E-state index is -3.82. The largest absolute Gasteiger partial charge is 0.492 e. The monoisotopic (exact) mass is 318 g/mol. The molecule has 1 aromatic carbocycles. The Kier molecular flexibility index (Phi) is 4.70. The molecule has 0 aromatic heterocycles. The maximum absolute atomic E-state index is 13.7. The zero-order valence-electron chi connectivity index (χ0n) is 11.9. The molecule has 0 radical (unpaired) electrons. The maximum Gasteiger partial charge on any atom is 0.240 e. The molecule has 118 valence electrons. The number of benzene rings is 1. The highest BCUT2D eigenvalue weighted by atomic mass is 32.2. The number of anilines is 1. The van der Waals surface area contributed by atoms with Gasteiger partial charge in [0.2, 0.25) is 10.0 Å². The van der Waals surface area contributed by atoms with E-state index in [1.54, 1.807) is 0 Å². The van der Waals surface area contributed by atoms with Crippen LogP contribution in [0.2, 0.25) is 0 Å². The first-order chi connectivity index (χ1) is 9.85. The van der Waals surface area contributed by atoms with Crippen molar-refractivity contribution in [1.29, 1.82) is 0 Å². The number of sulfonamides is 1. The third-order valence-corrected chi connectivity index (χ3v) is 5.03. The van der Waals surface area contributed by atoms with Gasteiger partial charge in [0.05, 0.1) is 23.8 Å². The van der Waals surface area contributed by atoms with Gasteiger partial charge in [-0.1, -0.05) is 0 Å². The molecule has 8 heteroatoms. The summed E-state index contributed by atoms with van der Waals surface area (Å²) in [6.45, 7) is 2.77. The second kappa shape index (κ2) is 6.17. The van der Waals surface area contributed by atoms with E-state index >= 15 is 0 Å². The number of nitrogens with two attached hydrogens (primary N) is 1. The van der Waals surface area contributed by atoms with Gasteiger partial charge in [0.15, 0.2) is 11.6 Å². The molecule has 1 saturated heterocycles. The zero-order valence-corrected chi connectivity index (χ0v) is 12.7. The summed E-state index contributed by atoms with van der Waals surface area (Å²) >= 11 is 0. The molecule has 2 rings (SSSR count). The first-order valence-electron chi connectivity index (χ1n) is 6.59. The molecule has 1 heterocycles. The smallest absolute Gasteiger partial charge is 0.240 e. The average molecular weight is 318 g/mol. The van der Waals surface area contributed by atoms with Gasteiger partial charge in [-0.25, -0.2) is 17.5 Å². The molecule has 0 spiro atoms. The Labute approximate surface area is 123 Å². The lowest BCUT2D eigenvalue weighted by Gasteiger charge is -2.15. The summed E-state index contributed by atoms with van der Waals surface area (Å²) in [5, 5.41) is 0. The molecule has 0 amide bonds. The Morgan fingerprint density at radius 2 is 2.24 bits per heavy atom. The highest BCUT2D eigenvalue weighted by molar-refractivity contribution is 7.89. The topological polar surface area (TPSA) is 90.7 Å². The number of nitrogen functional groups attached to an aromatic ring is 1. The lowest BCUT2D eigenvalue weighted by molar-refractivity contribution is 0.107. The van der Waals surface area contributed by atoms with Gasteiger partial charge in [-0.15, -0.1) is 0 Å². The van der Waals surface area contributed by atoms with E-state index in [0.29, 0.717) is 6.61 Å². The molecular weight excluding hydrogens is 299 g/mol. The van der Waals surface area contributed by atoms with Crippen molar-refractivity contribution in [2.24, 2.45) is 5.92 Å². The van der Waals surface area contributed by atoms with Crippen LogP contribution in [0, 0.1) is 11.7 Å². The lowest BCUT2D eigenvalue weighted by Crippen LogP contribution is -2.32. The summed E-state index contributed by atoms with van der Waals surface area (Å²) in [5.41, 5.74) is 5.53. The van der Waals surface area contributed by atoms with Gasteiger partial charge in [0.1, 0.15) is 0 Å². The number of methoxy groups -OCH3 is 1. The first kappa shape index (κ1) is 16.0. The average Bonchev–Trinajstić information content (AvgIpc) is 2.81. The number of ether oxygens (including phenoxy) is 2. The molecule has 1 aromatic rings. The van der Waals surface area contributed by atoms with Gasteiger partial charge in [-0.3, -0.25) is 0 Å². The van der Waals surface area contributed by atoms with Crippen LogP contribution in [0.25, 0.3) is 0 Å². The first-order valence-corrected chi connectivity index (χ1v) is 8.07. The van der Waals surface area contributed by atoms with Crippen molar-refractivity contribution in [2.75, 3.05) is 26.0 Å². The summed E-state index contributed by atoms with van der Waals surface area (Å²) in [6.07, 6.45) is 0.799. The standard InChI is InChI=1S/C13H19FN2O4S/c1-8-9(3-4-20-8)7-16-21(17,18)10-5-11(14)13(19-2)12(15)6-10/h5-6,8-9,16H,3-4,7,15H2,1-2H3. The van der Waals surface area contributed by atoms with Gasteiger partial charge in [-0.05, 0) is 25.5 Å². The van der Waals surface area contributed by atoms with Gasteiger partial charge in [0.25, 0.3) is 0 Å². The van der Waals surface area contributed by atoms with Crippen molar-refractivity contribution in [1.82, 2.24) is 4.72 Å². The van der Waals surface area contributed by atoms with Crippen LogP contribution in [0.15, 0.2) is 17.0 Å². The van der Waals surface area contributed by atoms with E-state index in [1.807, 2.05) is 6.92 Å². The van der Waals surface area contributed by atoms with Gasteiger partial charge >= 0.3 is 0 Å². The van der Waals surface area contributed by atoms with Crippen molar-refractivity contribution >= 4 is 15.7 Å². The van der Waals surface area contributed by atoms with E-state index in [1.165, 1.54) is 13.2 Å². The molecule has 3 N–H and O–H groups in total. The van der Waals surface area contributed by atoms with Crippen LogP contribution >= 0.6 is 0 Å². The molecule has 2 unspecified atom stereocenters. The van der Waals surface area contributed by atoms with E-state index in [2.05, 4.69) is 4.72 Å². The Balaban J connectivity index is 2.16. The Hall–Kier alpha value is -1.38. The minimum Gasteiger partial charge on any atom is -0.492 e. The quantitative estimate of drug-likeness (QED) is 0.794. The summed E-state index contributed by atoms with van der Waals surface area (Å²) in [5.74, 6) is -0.859. The molecule has 1 fully saturated rings. The van der Waals surface area contributed by atoms with E-state index in [-0.39, 0.29) is 34.9 Å². The number of rotatable bonds is 5. The summed E-state index contributed by atoms with van der Waals surface area (Å²) in [6, 6.07) is 2.07. The molecule has 6 nitrogen and oxygen atoms in total. The molecule has 0 saturated carbocycles. The molecule has 0 bridgehead atoms. The van der Waals surface area contributed by atoms with Crippen LogP contribution in [-0.4, -0.2) is 34.8 Å². The fourth-order valence-corrected chi connectivity index (χ4v) is 3.44. The lowest BCUT2D eigenvalue weighted by atomic mass is 10.0. The van der Waals surface area contributed by atoms with Crippen LogP contribution in [0.4, 0.5) is 10.1 Å². The highest BCUT2D eigenvalue weighted by Crippen LogP contribution is 2.28. The number of halogens is 1. The van der Waals surface area contributed by atoms with Crippen molar-refractivity contribution in [2.45, 2.75) is 24.3 Å². The molecule has 21 heavy (non-hydrogen) atoms. The molecule has 1 aliphatic rings. The third-order valence-electron chi connectivity index (χ3n) is 3.63. The summed E-state index contributed by atoms with van der Waals surface area (Å²) < 4.78 is 50.7. The number of nitrogens with one attached hydrogen (secondary N) is 1. The van der Waals surface area contributed by atoms with Crippen molar-refractivity contribution in [3.63, 3.8) is 0 Å². The molecule has 1 aliphatic heterocycles. The van der Waals surface area contributed by atoms with Crippen molar-refractivity contribution in [3.05, 3.63) is 17.9 Å². The summed E-state index contributed by atoms with van der Waals surface area (Å²) in [7, 11) is -2.56. The molecular formula is C13H19FN2O4S. The van der Waals surface area contributed by atoms with Crippen LogP contribution in [0.5, 0.6) is 5.75 Å². The van der Waals surface area contributed by atoms with Crippen LogP contribution in [-0.2, 0) is 14.8 Å². The SMILES string of the molecule is COc1c(N)cc(S(=O)(=O)NCC2CCOC2C)cc1F. The Morgan fingerprint density at radius 1 is 1.52 bits per heavy atom. The van der Waals surface area contributed by atoms with E-state index in [9.17, 15) is 12.8 Å². The Bertz CT molecular complexity index is 598. The van der Waals surface area contributed by atoms with Gasteiger partial charge in [-0.2, -0.15) is 0 Å². The third kappa shape index (κ3) is 3.45. The second-order valence-electron chi connectivity index (χ2n) is 5.00. The number of hydrogen-bond acceptors (Lipinski definition) is 5. The fraction of sp³-hybridized carbons (Fsp3) is 0.538. The predicted molar refractivity (Wildman–Crippen MR) is 76.1 cm³/mol. The van der Waals surface area contributed by atoms with Crippen LogP contribution < -0.4 is 15.2 Å². The fourth-order valence-electron chi connectivity index (χ4n) is 2.30. The van der Waals surface area contributed by atoms with Crippen molar-refractivity contribution < 1.29 is 22.3 Å². The predicted octanol–water partition coefficient (Wildman–Crippen LogP) is 1.12. The van der Waals surface area contributed by atoms with Gasteiger partial charge < -0.3 is 15.2 Å². The minimum absolute atomic E-state index is 0.00497. The Morgan fingerprint density at radius 3 is 2.76 bits per heavy atom. The van der Waals surface area contributed by atoms with E-state index < -0.39 is 15.8 Å². The normalized spacial score (nSPS) is 22.4. The highest BCUT2D eigenvalue weighted by Gasteiger charge is 2.27. The second-order valence-corrected chi connectivity index (χ2v) is 6.77. The molecule has 0 aliphatic carbocycles.